The summed E-state index contributed by atoms with van der Waals surface area (Å²) in [6.45, 7) is 0. The molecule has 0 amide bonds. The molecule has 0 saturated heterocycles. The molecular weight excluding hydrogens is 362 g/mol. The molecule has 0 spiro atoms. The fraction of sp³-hybridized carbons (Fsp3) is 0. The van der Waals surface area contributed by atoms with Gasteiger partial charge in [0.1, 0.15) is 0 Å². The van der Waals surface area contributed by atoms with E-state index >= 15 is 0 Å². The number of nitrogens with zero attached hydrogens (tertiary/aromatic N) is 1. The molecule has 0 bridgehead atoms. The maximum Gasteiger partial charge on any atom is 0.0991 e. The first-order valence-electron chi connectivity index (χ1n) is 9.93. The summed E-state index contributed by atoms with van der Waals surface area (Å²) in [5.74, 6) is 0. The third-order valence-electron chi connectivity index (χ3n) is 4.93. The van der Waals surface area contributed by atoms with Gasteiger partial charge in [0.15, 0.2) is 0 Å². The van der Waals surface area contributed by atoms with Gasteiger partial charge in [0.25, 0.3) is 0 Å². The second kappa shape index (κ2) is 9.37. The van der Waals surface area contributed by atoms with Crippen molar-refractivity contribution in [2.24, 2.45) is 0 Å². The van der Waals surface area contributed by atoms with E-state index < -0.39 is 0 Å². The van der Waals surface area contributed by atoms with Crippen LogP contribution < -0.4 is 0 Å². The van der Waals surface area contributed by atoms with E-state index in [1.165, 1.54) is 16.7 Å². The van der Waals surface area contributed by atoms with Gasteiger partial charge >= 0.3 is 0 Å². The van der Waals surface area contributed by atoms with Crippen LogP contribution in [0.3, 0.4) is 0 Å². The van der Waals surface area contributed by atoms with Crippen molar-refractivity contribution in [3.63, 3.8) is 0 Å². The van der Waals surface area contributed by atoms with Gasteiger partial charge in [-0.1, -0.05) is 109 Å². The van der Waals surface area contributed by atoms with Crippen LogP contribution in [0.2, 0.25) is 0 Å². The fourth-order valence-corrected chi connectivity index (χ4v) is 3.30. The molecule has 1 heteroatoms. The van der Waals surface area contributed by atoms with E-state index in [1.54, 1.807) is 0 Å². The number of hydrogen-bond acceptors (Lipinski definition) is 1. The van der Waals surface area contributed by atoms with Crippen molar-refractivity contribution >= 4 is 23.8 Å². The van der Waals surface area contributed by atoms with Crippen molar-refractivity contribution < 1.29 is 0 Å². The van der Waals surface area contributed by atoms with E-state index in [2.05, 4.69) is 97.1 Å². The summed E-state index contributed by atoms with van der Waals surface area (Å²) in [5, 5.41) is 8.90. The molecule has 0 atom stereocenters. The molecule has 0 aromatic heterocycles. The van der Waals surface area contributed by atoms with Gasteiger partial charge in [-0.05, 0) is 51.6 Å². The third-order valence-corrected chi connectivity index (χ3v) is 4.93. The summed E-state index contributed by atoms with van der Waals surface area (Å²) in [6, 6.07) is 39.2. The lowest BCUT2D eigenvalue weighted by molar-refractivity contribution is 1.48. The van der Waals surface area contributed by atoms with E-state index in [0.717, 1.165) is 16.7 Å². The van der Waals surface area contributed by atoms with Crippen LogP contribution in [0.5, 0.6) is 0 Å². The lowest BCUT2D eigenvalue weighted by atomic mass is 9.95. The maximum absolute atomic E-state index is 8.90. The molecule has 0 saturated carbocycles. The lowest BCUT2D eigenvalue weighted by Gasteiger charge is -2.09. The Balaban J connectivity index is 1.59. The highest BCUT2D eigenvalue weighted by atomic mass is 14.2. The fourth-order valence-electron chi connectivity index (χ4n) is 3.30. The third kappa shape index (κ3) is 4.82. The van der Waals surface area contributed by atoms with Crippen molar-refractivity contribution in [3.05, 3.63) is 143 Å². The van der Waals surface area contributed by atoms with Crippen molar-refractivity contribution in [3.8, 4) is 6.07 Å². The zero-order valence-corrected chi connectivity index (χ0v) is 16.6. The SMILES string of the molecule is N#Cc1ccc(/C=C/c2ccc(C=C(c3ccccc3)c3ccccc3)cc2)cc1. The molecule has 0 unspecified atom stereocenters. The molecular formula is C29H21N. The van der Waals surface area contributed by atoms with Crippen molar-refractivity contribution in [2.45, 2.75) is 0 Å². The van der Waals surface area contributed by atoms with Crippen molar-refractivity contribution in [2.75, 3.05) is 0 Å². The smallest absolute Gasteiger partial charge is 0.0991 e. The highest BCUT2D eigenvalue weighted by Gasteiger charge is 2.04. The van der Waals surface area contributed by atoms with Crippen LogP contribution in [0, 0.1) is 11.3 Å². The molecule has 0 heterocycles. The lowest BCUT2D eigenvalue weighted by Crippen LogP contribution is -1.88. The highest BCUT2D eigenvalue weighted by Crippen LogP contribution is 2.26. The summed E-state index contributed by atoms with van der Waals surface area (Å²) in [5.41, 5.74) is 7.66. The van der Waals surface area contributed by atoms with E-state index in [9.17, 15) is 0 Å². The first-order valence-corrected chi connectivity index (χ1v) is 9.93. The Hall–Kier alpha value is -4.15. The Kier molecular flexibility index (Phi) is 5.99. The molecule has 0 aliphatic heterocycles. The van der Waals surface area contributed by atoms with Crippen LogP contribution in [-0.2, 0) is 0 Å². The van der Waals surface area contributed by atoms with Gasteiger partial charge in [0.05, 0.1) is 11.6 Å². The van der Waals surface area contributed by atoms with Crippen LogP contribution >= 0.6 is 0 Å². The summed E-state index contributed by atoms with van der Waals surface area (Å²) in [6.07, 6.45) is 6.38. The molecule has 0 aliphatic rings. The van der Waals surface area contributed by atoms with Gasteiger partial charge < -0.3 is 0 Å². The van der Waals surface area contributed by atoms with E-state index in [0.29, 0.717) is 5.56 Å². The minimum atomic E-state index is 0.677. The first-order chi connectivity index (χ1) is 14.8. The quantitative estimate of drug-likeness (QED) is 0.331. The van der Waals surface area contributed by atoms with Gasteiger partial charge in [-0.15, -0.1) is 0 Å². The predicted octanol–water partition coefficient (Wildman–Crippen LogP) is 7.32. The number of benzene rings is 4. The zero-order valence-electron chi connectivity index (χ0n) is 16.6. The minimum Gasteiger partial charge on any atom is -0.192 e. The molecule has 30 heavy (non-hydrogen) atoms. The van der Waals surface area contributed by atoms with Gasteiger partial charge in [0.2, 0.25) is 0 Å². The van der Waals surface area contributed by atoms with Crippen LogP contribution in [0.1, 0.15) is 33.4 Å². The molecule has 1 nitrogen and oxygen atoms in total. The van der Waals surface area contributed by atoms with Gasteiger partial charge in [-0.25, -0.2) is 0 Å². The van der Waals surface area contributed by atoms with E-state index in [-0.39, 0.29) is 0 Å². The highest BCUT2D eigenvalue weighted by molar-refractivity contribution is 5.91. The minimum absolute atomic E-state index is 0.677. The summed E-state index contributed by atoms with van der Waals surface area (Å²) in [4.78, 5) is 0. The van der Waals surface area contributed by atoms with E-state index in [1.807, 2.05) is 36.4 Å². The number of rotatable bonds is 5. The normalized spacial score (nSPS) is 10.5. The topological polar surface area (TPSA) is 23.8 Å². The second-order valence-electron chi connectivity index (χ2n) is 7.02. The molecule has 4 aromatic rings. The molecule has 4 rings (SSSR count). The van der Waals surface area contributed by atoms with Gasteiger partial charge in [-0.3, -0.25) is 0 Å². The van der Waals surface area contributed by atoms with Crippen molar-refractivity contribution in [1.29, 1.82) is 5.26 Å². The molecule has 4 aromatic carbocycles. The molecule has 0 N–H and O–H groups in total. The Bertz CT molecular complexity index is 1150. The zero-order chi connectivity index (χ0) is 20.6. The molecule has 0 radical (unpaired) electrons. The molecule has 142 valence electrons. The maximum atomic E-state index is 8.90. The summed E-state index contributed by atoms with van der Waals surface area (Å²) in [7, 11) is 0. The average molecular weight is 383 g/mol. The molecule has 0 aliphatic carbocycles. The van der Waals surface area contributed by atoms with Gasteiger partial charge in [-0.2, -0.15) is 5.26 Å². The van der Waals surface area contributed by atoms with Crippen LogP contribution in [-0.4, -0.2) is 0 Å². The monoisotopic (exact) mass is 383 g/mol. The van der Waals surface area contributed by atoms with Gasteiger partial charge in [0, 0.05) is 0 Å². The van der Waals surface area contributed by atoms with E-state index in [4.69, 9.17) is 5.26 Å². The summed E-state index contributed by atoms with van der Waals surface area (Å²) >= 11 is 0. The number of hydrogen-bond donors (Lipinski definition) is 0. The largest absolute Gasteiger partial charge is 0.192 e. The Morgan fingerprint density at radius 1 is 0.533 bits per heavy atom. The Labute approximate surface area is 177 Å². The Morgan fingerprint density at radius 2 is 0.967 bits per heavy atom. The standard InChI is InChI=1S/C29H21N/c30-22-26-19-15-24(16-20-26)12-11-23-13-17-25(18-14-23)21-29(27-7-3-1-4-8-27)28-9-5-2-6-10-28/h1-21H/b12-11+. The van der Waals surface area contributed by atoms with Crippen molar-refractivity contribution in [1.82, 2.24) is 0 Å². The van der Waals surface area contributed by atoms with Crippen LogP contribution in [0.4, 0.5) is 0 Å². The molecule has 0 fully saturated rings. The van der Waals surface area contributed by atoms with Crippen LogP contribution in [0.15, 0.2) is 109 Å². The first kappa shape index (κ1) is 19.2. The second-order valence-corrected chi connectivity index (χ2v) is 7.02. The Morgan fingerprint density at radius 3 is 1.43 bits per heavy atom. The predicted molar refractivity (Wildman–Crippen MR) is 126 cm³/mol. The average Bonchev–Trinajstić information content (AvgIpc) is 2.83. The van der Waals surface area contributed by atoms with Crippen LogP contribution in [0.25, 0.3) is 23.8 Å². The number of nitriles is 1. The summed E-state index contributed by atoms with van der Waals surface area (Å²) < 4.78 is 0.